The molecule has 2 heterocycles. The van der Waals surface area contributed by atoms with Crippen LogP contribution >= 0.6 is 0 Å². The van der Waals surface area contributed by atoms with Gasteiger partial charge < -0.3 is 21.7 Å². The summed E-state index contributed by atoms with van der Waals surface area (Å²) in [6.07, 6.45) is -0.559. The SMILES string of the molecule is N[C@H]1CCCC[C@H]1Nc1nc2c(c(Nc3cccc(C(F)(F)F)c3)n1)C(=O)NC2. The molecule has 1 fully saturated rings. The molecule has 1 aromatic heterocycles. The highest BCUT2D eigenvalue weighted by molar-refractivity contribution is 6.02. The summed E-state index contributed by atoms with van der Waals surface area (Å²) >= 11 is 0. The number of rotatable bonds is 4. The van der Waals surface area contributed by atoms with E-state index in [0.717, 1.165) is 37.8 Å². The minimum absolute atomic E-state index is 0.00766. The van der Waals surface area contributed by atoms with E-state index in [1.165, 1.54) is 12.1 Å². The summed E-state index contributed by atoms with van der Waals surface area (Å²) in [6, 6.07) is 4.73. The smallest absolute Gasteiger partial charge is 0.350 e. The summed E-state index contributed by atoms with van der Waals surface area (Å²) in [5.74, 6) is 0.101. The summed E-state index contributed by atoms with van der Waals surface area (Å²) in [5, 5.41) is 8.76. The van der Waals surface area contributed by atoms with Gasteiger partial charge in [-0.05, 0) is 31.0 Å². The van der Waals surface area contributed by atoms with Gasteiger partial charge in [0, 0.05) is 17.8 Å². The van der Waals surface area contributed by atoms with E-state index in [0.29, 0.717) is 11.6 Å². The average Bonchev–Trinajstić information content (AvgIpc) is 3.04. The van der Waals surface area contributed by atoms with Crippen LogP contribution < -0.4 is 21.7 Å². The number of carbonyl (C=O) groups is 1. The van der Waals surface area contributed by atoms with Crippen molar-refractivity contribution >= 4 is 23.4 Å². The minimum atomic E-state index is -4.47. The van der Waals surface area contributed by atoms with Crippen LogP contribution in [0.2, 0.25) is 0 Å². The number of hydrogen-bond acceptors (Lipinski definition) is 6. The van der Waals surface area contributed by atoms with Crippen molar-refractivity contribution in [2.24, 2.45) is 5.73 Å². The van der Waals surface area contributed by atoms with Crippen LogP contribution in [-0.4, -0.2) is 28.0 Å². The second-order valence-corrected chi connectivity index (χ2v) is 7.30. The molecule has 29 heavy (non-hydrogen) atoms. The summed E-state index contributed by atoms with van der Waals surface area (Å²) in [6.45, 7) is 0.235. The quantitative estimate of drug-likeness (QED) is 0.622. The molecule has 4 rings (SSSR count). The summed E-state index contributed by atoms with van der Waals surface area (Å²) in [4.78, 5) is 21.0. The van der Waals surface area contributed by atoms with Crippen LogP contribution in [0.3, 0.4) is 0 Å². The topological polar surface area (TPSA) is 105 Å². The molecular formula is C19H21F3N6O. The molecule has 154 valence electrons. The van der Waals surface area contributed by atoms with Gasteiger partial charge in [0.1, 0.15) is 11.4 Å². The fourth-order valence-electron chi connectivity index (χ4n) is 3.70. The number of nitrogens with one attached hydrogen (secondary N) is 3. The highest BCUT2D eigenvalue weighted by atomic mass is 19.4. The van der Waals surface area contributed by atoms with E-state index in [-0.39, 0.29) is 41.6 Å². The second-order valence-electron chi connectivity index (χ2n) is 7.30. The lowest BCUT2D eigenvalue weighted by molar-refractivity contribution is -0.137. The Bertz CT molecular complexity index is 933. The Hall–Kier alpha value is -2.88. The maximum absolute atomic E-state index is 13.0. The molecule has 1 aliphatic heterocycles. The number of nitrogens with two attached hydrogens (primary N) is 1. The Morgan fingerprint density at radius 2 is 1.97 bits per heavy atom. The molecule has 0 saturated heterocycles. The van der Waals surface area contributed by atoms with E-state index in [2.05, 4.69) is 25.9 Å². The van der Waals surface area contributed by atoms with Crippen molar-refractivity contribution in [3.05, 3.63) is 41.1 Å². The Morgan fingerprint density at radius 3 is 2.72 bits per heavy atom. The molecule has 7 nitrogen and oxygen atoms in total. The number of benzene rings is 1. The van der Waals surface area contributed by atoms with Crippen LogP contribution in [0.15, 0.2) is 24.3 Å². The molecule has 1 amide bonds. The number of nitrogens with zero attached hydrogens (tertiary/aromatic N) is 2. The van der Waals surface area contributed by atoms with Gasteiger partial charge in [0.15, 0.2) is 0 Å². The van der Waals surface area contributed by atoms with E-state index < -0.39 is 11.7 Å². The molecule has 0 spiro atoms. The van der Waals surface area contributed by atoms with Gasteiger partial charge in [0.2, 0.25) is 5.95 Å². The third kappa shape index (κ3) is 4.12. The normalized spacial score (nSPS) is 21.4. The summed E-state index contributed by atoms with van der Waals surface area (Å²) in [7, 11) is 0. The highest BCUT2D eigenvalue weighted by Gasteiger charge is 2.31. The predicted molar refractivity (Wildman–Crippen MR) is 102 cm³/mol. The molecular weight excluding hydrogens is 385 g/mol. The molecule has 2 atom stereocenters. The fraction of sp³-hybridized carbons (Fsp3) is 0.421. The van der Waals surface area contributed by atoms with E-state index in [1.807, 2.05) is 0 Å². The Labute approximate surface area is 165 Å². The molecule has 1 aromatic carbocycles. The number of fused-ring (bicyclic) bond motifs is 1. The molecule has 0 unspecified atom stereocenters. The first kappa shape index (κ1) is 19.4. The zero-order valence-electron chi connectivity index (χ0n) is 15.5. The fourth-order valence-corrected chi connectivity index (χ4v) is 3.70. The zero-order chi connectivity index (χ0) is 20.6. The first-order chi connectivity index (χ1) is 13.8. The van der Waals surface area contributed by atoms with E-state index >= 15 is 0 Å². The van der Waals surface area contributed by atoms with Crippen molar-refractivity contribution in [2.45, 2.75) is 50.5 Å². The van der Waals surface area contributed by atoms with Crippen molar-refractivity contribution in [1.29, 1.82) is 0 Å². The van der Waals surface area contributed by atoms with Gasteiger partial charge in [-0.15, -0.1) is 0 Å². The molecule has 5 N–H and O–H groups in total. The summed E-state index contributed by atoms with van der Waals surface area (Å²) in [5.41, 5.74) is 6.30. The number of anilines is 3. The first-order valence-electron chi connectivity index (χ1n) is 9.47. The van der Waals surface area contributed by atoms with Gasteiger partial charge in [-0.2, -0.15) is 18.2 Å². The van der Waals surface area contributed by atoms with E-state index in [9.17, 15) is 18.0 Å². The Morgan fingerprint density at radius 1 is 1.17 bits per heavy atom. The van der Waals surface area contributed by atoms with Crippen LogP contribution in [0, 0.1) is 0 Å². The van der Waals surface area contributed by atoms with Gasteiger partial charge in [-0.25, -0.2) is 4.98 Å². The van der Waals surface area contributed by atoms with Gasteiger partial charge in [-0.1, -0.05) is 18.9 Å². The van der Waals surface area contributed by atoms with E-state index in [4.69, 9.17) is 5.73 Å². The average molecular weight is 406 g/mol. The van der Waals surface area contributed by atoms with Crippen molar-refractivity contribution in [3.8, 4) is 0 Å². The van der Waals surface area contributed by atoms with Crippen LogP contribution in [0.1, 0.15) is 47.3 Å². The third-order valence-corrected chi connectivity index (χ3v) is 5.21. The van der Waals surface area contributed by atoms with Crippen LogP contribution in [0.5, 0.6) is 0 Å². The van der Waals surface area contributed by atoms with Crippen molar-refractivity contribution in [1.82, 2.24) is 15.3 Å². The second kappa shape index (κ2) is 7.51. The molecule has 0 radical (unpaired) electrons. The molecule has 0 bridgehead atoms. The van der Waals surface area contributed by atoms with Gasteiger partial charge in [0.05, 0.1) is 17.8 Å². The van der Waals surface area contributed by atoms with Crippen molar-refractivity contribution in [3.63, 3.8) is 0 Å². The number of aromatic nitrogens is 2. The van der Waals surface area contributed by atoms with Crippen molar-refractivity contribution in [2.75, 3.05) is 10.6 Å². The predicted octanol–water partition coefficient (Wildman–Crippen LogP) is 3.16. The van der Waals surface area contributed by atoms with Gasteiger partial charge in [-0.3, -0.25) is 4.79 Å². The number of alkyl halides is 3. The van der Waals surface area contributed by atoms with Crippen LogP contribution in [0.25, 0.3) is 0 Å². The number of hydrogen-bond donors (Lipinski definition) is 4. The van der Waals surface area contributed by atoms with Crippen molar-refractivity contribution < 1.29 is 18.0 Å². The monoisotopic (exact) mass is 406 g/mol. The van der Waals surface area contributed by atoms with Crippen LogP contribution in [-0.2, 0) is 12.7 Å². The largest absolute Gasteiger partial charge is 0.416 e. The zero-order valence-corrected chi connectivity index (χ0v) is 15.5. The number of carbonyl (C=O) groups excluding carboxylic acids is 1. The highest BCUT2D eigenvalue weighted by Crippen LogP contribution is 2.32. The lowest BCUT2D eigenvalue weighted by atomic mass is 9.91. The van der Waals surface area contributed by atoms with Gasteiger partial charge in [0.25, 0.3) is 5.91 Å². The Balaban J connectivity index is 1.65. The minimum Gasteiger partial charge on any atom is -0.350 e. The number of halogens is 3. The van der Waals surface area contributed by atoms with Gasteiger partial charge >= 0.3 is 6.18 Å². The summed E-state index contributed by atoms with van der Waals surface area (Å²) < 4.78 is 39.0. The first-order valence-corrected chi connectivity index (χ1v) is 9.47. The third-order valence-electron chi connectivity index (χ3n) is 5.21. The molecule has 10 heteroatoms. The molecule has 2 aromatic rings. The lowest BCUT2D eigenvalue weighted by Gasteiger charge is -2.29. The molecule has 2 aliphatic rings. The Kier molecular flexibility index (Phi) is 5.03. The lowest BCUT2D eigenvalue weighted by Crippen LogP contribution is -2.43. The maximum Gasteiger partial charge on any atom is 0.416 e. The standard InChI is InChI=1S/C19H21F3N6O/c20-19(21,22)10-4-3-5-11(8-10)25-16-15-14(9-24-17(15)29)27-18(28-16)26-13-7-2-1-6-12(13)23/h3-5,8,12-13H,1-2,6-7,9,23H2,(H,24,29)(H2,25,26,27,28)/t12-,13+/m0/s1. The van der Waals surface area contributed by atoms with Crippen LogP contribution in [0.4, 0.5) is 30.6 Å². The molecule has 1 saturated carbocycles. The van der Waals surface area contributed by atoms with E-state index in [1.54, 1.807) is 0 Å². The molecule has 1 aliphatic carbocycles. The number of amides is 1. The maximum atomic E-state index is 13.0.